The number of H-pyrrole nitrogens is 1. The quantitative estimate of drug-likeness (QED) is 0.885. The van der Waals surface area contributed by atoms with Crippen LogP contribution in [-0.4, -0.2) is 83.0 Å². The van der Waals surface area contributed by atoms with Crippen LogP contribution < -0.4 is 0 Å². The second-order valence-electron chi connectivity index (χ2n) is 6.97. The Hall–Kier alpha value is -1.89. The Labute approximate surface area is 143 Å². The van der Waals surface area contributed by atoms with Gasteiger partial charge in [-0.2, -0.15) is 5.10 Å². The second-order valence-corrected chi connectivity index (χ2v) is 6.97. The average molecular weight is 333 g/mol. The number of nitrogens with one attached hydrogen (secondary N) is 1. The van der Waals surface area contributed by atoms with E-state index in [1.54, 1.807) is 12.4 Å². The first-order valence-corrected chi connectivity index (χ1v) is 8.88. The van der Waals surface area contributed by atoms with Crippen molar-refractivity contribution in [2.24, 2.45) is 5.92 Å². The molecule has 0 aromatic carbocycles. The van der Waals surface area contributed by atoms with Crippen molar-refractivity contribution < 1.29 is 9.59 Å². The highest BCUT2D eigenvalue weighted by atomic mass is 16.2. The van der Waals surface area contributed by atoms with Crippen molar-refractivity contribution in [3.8, 4) is 0 Å². The van der Waals surface area contributed by atoms with Gasteiger partial charge in [0, 0.05) is 51.9 Å². The van der Waals surface area contributed by atoms with Gasteiger partial charge in [0.1, 0.15) is 0 Å². The Morgan fingerprint density at radius 3 is 2.71 bits per heavy atom. The van der Waals surface area contributed by atoms with Gasteiger partial charge in [-0.15, -0.1) is 0 Å². The molecular formula is C17H27N5O2. The summed E-state index contributed by atoms with van der Waals surface area (Å²) < 4.78 is 0. The smallest absolute Gasteiger partial charge is 0.257 e. The standard InChI is InChI=1S/C17H27N5O2/c1-20-7-9-21(10-8-20)16(23)5-4-14-3-2-6-22(13-14)17(24)15-11-18-19-12-15/h11-12,14H,2-10,13H2,1H3,(H,18,19)/t14-/m1/s1. The number of aromatic nitrogens is 2. The molecule has 3 heterocycles. The molecule has 0 spiro atoms. The van der Waals surface area contributed by atoms with Crippen molar-refractivity contribution in [2.75, 3.05) is 46.3 Å². The highest BCUT2D eigenvalue weighted by Crippen LogP contribution is 2.23. The van der Waals surface area contributed by atoms with E-state index in [2.05, 4.69) is 22.1 Å². The summed E-state index contributed by atoms with van der Waals surface area (Å²) in [7, 11) is 2.09. The second kappa shape index (κ2) is 7.79. The monoisotopic (exact) mass is 333 g/mol. The van der Waals surface area contributed by atoms with Crippen LogP contribution in [0.1, 0.15) is 36.0 Å². The Kier molecular flexibility index (Phi) is 5.50. The number of likely N-dealkylation sites (N-methyl/N-ethyl adjacent to an activating group) is 1. The van der Waals surface area contributed by atoms with Crippen molar-refractivity contribution >= 4 is 11.8 Å². The number of carbonyl (C=O) groups excluding carboxylic acids is 2. The molecule has 1 aromatic rings. The Morgan fingerprint density at radius 1 is 1.21 bits per heavy atom. The minimum atomic E-state index is 0.0406. The summed E-state index contributed by atoms with van der Waals surface area (Å²) in [6.07, 6.45) is 6.80. The Balaban J connectivity index is 1.45. The van der Waals surface area contributed by atoms with Gasteiger partial charge in [0.15, 0.2) is 0 Å². The molecule has 0 bridgehead atoms. The maximum Gasteiger partial charge on any atom is 0.257 e. The third kappa shape index (κ3) is 4.14. The highest BCUT2D eigenvalue weighted by molar-refractivity contribution is 5.93. The van der Waals surface area contributed by atoms with Crippen molar-refractivity contribution in [1.29, 1.82) is 0 Å². The lowest BCUT2D eigenvalue weighted by molar-refractivity contribution is -0.133. The average Bonchev–Trinajstić information content (AvgIpc) is 3.14. The number of amides is 2. The first kappa shape index (κ1) is 17.0. The van der Waals surface area contributed by atoms with E-state index in [1.165, 1.54) is 0 Å². The van der Waals surface area contributed by atoms with E-state index in [-0.39, 0.29) is 11.8 Å². The van der Waals surface area contributed by atoms with Crippen molar-refractivity contribution in [2.45, 2.75) is 25.7 Å². The van der Waals surface area contributed by atoms with Crippen LogP contribution in [0, 0.1) is 5.92 Å². The summed E-state index contributed by atoms with van der Waals surface area (Å²) in [6, 6.07) is 0. The molecule has 2 saturated heterocycles. The summed E-state index contributed by atoms with van der Waals surface area (Å²) >= 11 is 0. The number of hydrogen-bond acceptors (Lipinski definition) is 4. The lowest BCUT2D eigenvalue weighted by Crippen LogP contribution is -2.47. The van der Waals surface area contributed by atoms with Gasteiger partial charge in [0.2, 0.25) is 5.91 Å². The first-order valence-electron chi connectivity index (χ1n) is 8.88. The van der Waals surface area contributed by atoms with Crippen LogP contribution in [0.5, 0.6) is 0 Å². The minimum absolute atomic E-state index is 0.0406. The summed E-state index contributed by atoms with van der Waals surface area (Å²) in [5.74, 6) is 0.728. The lowest BCUT2D eigenvalue weighted by Gasteiger charge is -2.34. The topological polar surface area (TPSA) is 72.5 Å². The fourth-order valence-corrected chi connectivity index (χ4v) is 3.58. The summed E-state index contributed by atoms with van der Waals surface area (Å²) in [6.45, 7) is 5.15. The first-order chi connectivity index (χ1) is 11.6. The van der Waals surface area contributed by atoms with Gasteiger partial charge in [-0.1, -0.05) is 0 Å². The number of rotatable bonds is 4. The molecular weight excluding hydrogens is 306 g/mol. The number of piperidine rings is 1. The predicted octanol–water partition coefficient (Wildman–Crippen LogP) is 0.816. The molecule has 1 N–H and O–H groups in total. The van der Waals surface area contributed by atoms with E-state index >= 15 is 0 Å². The van der Waals surface area contributed by atoms with E-state index in [0.29, 0.717) is 17.9 Å². The molecule has 0 radical (unpaired) electrons. The van der Waals surface area contributed by atoms with Crippen molar-refractivity contribution in [3.05, 3.63) is 18.0 Å². The number of hydrogen-bond donors (Lipinski definition) is 1. The lowest BCUT2D eigenvalue weighted by atomic mass is 9.92. The highest BCUT2D eigenvalue weighted by Gasteiger charge is 2.26. The van der Waals surface area contributed by atoms with Crippen LogP contribution in [-0.2, 0) is 4.79 Å². The molecule has 3 rings (SSSR count). The molecule has 1 aromatic heterocycles. The van der Waals surface area contributed by atoms with E-state index in [9.17, 15) is 9.59 Å². The molecule has 1 atom stereocenters. The Morgan fingerprint density at radius 2 is 2.00 bits per heavy atom. The summed E-state index contributed by atoms with van der Waals surface area (Å²) in [5.41, 5.74) is 0.615. The van der Waals surface area contributed by atoms with Crippen molar-refractivity contribution in [3.63, 3.8) is 0 Å². The minimum Gasteiger partial charge on any atom is -0.340 e. The van der Waals surface area contributed by atoms with Gasteiger partial charge in [0.05, 0.1) is 11.8 Å². The molecule has 0 unspecified atom stereocenters. The van der Waals surface area contributed by atoms with Crippen LogP contribution in [0.15, 0.2) is 12.4 Å². The van der Waals surface area contributed by atoms with Gasteiger partial charge in [-0.25, -0.2) is 0 Å². The molecule has 2 amide bonds. The van der Waals surface area contributed by atoms with Gasteiger partial charge in [0.25, 0.3) is 5.91 Å². The summed E-state index contributed by atoms with van der Waals surface area (Å²) in [5, 5.41) is 6.54. The molecule has 2 fully saturated rings. The molecule has 24 heavy (non-hydrogen) atoms. The molecule has 7 nitrogen and oxygen atoms in total. The number of nitrogens with zero attached hydrogens (tertiary/aromatic N) is 4. The van der Waals surface area contributed by atoms with Crippen LogP contribution >= 0.6 is 0 Å². The molecule has 0 saturated carbocycles. The SMILES string of the molecule is CN1CCN(C(=O)CC[C@H]2CCCN(C(=O)c3cn[nH]c3)C2)CC1. The third-order valence-corrected chi connectivity index (χ3v) is 5.17. The van der Waals surface area contributed by atoms with Crippen LogP contribution in [0.25, 0.3) is 0 Å². The van der Waals surface area contributed by atoms with Gasteiger partial charge in [-0.05, 0) is 32.2 Å². The molecule has 132 valence electrons. The van der Waals surface area contributed by atoms with Crippen LogP contribution in [0.4, 0.5) is 0 Å². The van der Waals surface area contributed by atoms with Gasteiger partial charge in [-0.3, -0.25) is 14.7 Å². The molecule has 2 aliphatic rings. The molecule has 2 aliphatic heterocycles. The van der Waals surface area contributed by atoms with Gasteiger partial charge < -0.3 is 14.7 Å². The zero-order valence-corrected chi connectivity index (χ0v) is 14.4. The maximum absolute atomic E-state index is 12.4. The van der Waals surface area contributed by atoms with Crippen molar-refractivity contribution in [1.82, 2.24) is 24.9 Å². The predicted molar refractivity (Wildman–Crippen MR) is 90.5 cm³/mol. The van der Waals surface area contributed by atoms with E-state index in [4.69, 9.17) is 0 Å². The van der Waals surface area contributed by atoms with Crippen LogP contribution in [0.3, 0.4) is 0 Å². The normalized spacial score (nSPS) is 22.6. The molecule has 0 aliphatic carbocycles. The van der Waals surface area contributed by atoms with Crippen LogP contribution in [0.2, 0.25) is 0 Å². The summed E-state index contributed by atoms with van der Waals surface area (Å²) in [4.78, 5) is 30.9. The van der Waals surface area contributed by atoms with E-state index < -0.39 is 0 Å². The van der Waals surface area contributed by atoms with E-state index in [1.807, 2.05) is 9.80 Å². The number of piperazine rings is 1. The fraction of sp³-hybridized carbons (Fsp3) is 0.706. The number of likely N-dealkylation sites (tertiary alicyclic amines) is 1. The zero-order valence-electron chi connectivity index (χ0n) is 14.4. The third-order valence-electron chi connectivity index (χ3n) is 5.17. The maximum atomic E-state index is 12.4. The zero-order chi connectivity index (χ0) is 16.9. The number of carbonyl (C=O) groups is 2. The largest absolute Gasteiger partial charge is 0.340 e. The van der Waals surface area contributed by atoms with Gasteiger partial charge >= 0.3 is 0 Å². The molecule has 7 heteroatoms. The Bertz CT molecular complexity index is 551. The number of aromatic amines is 1. The van der Waals surface area contributed by atoms with E-state index in [0.717, 1.165) is 58.5 Å². The fourth-order valence-electron chi connectivity index (χ4n) is 3.58.